The van der Waals surface area contributed by atoms with Crippen LogP contribution in [0.1, 0.15) is 0 Å². The molecular formula is C8H10BrN. The van der Waals surface area contributed by atoms with Gasteiger partial charge in [0.2, 0.25) is 0 Å². The molecule has 1 aliphatic heterocycles. The van der Waals surface area contributed by atoms with Crippen molar-refractivity contribution < 1.29 is 0 Å². The smallest absolute Gasteiger partial charge is 0.0316 e. The summed E-state index contributed by atoms with van der Waals surface area (Å²) in [6.07, 6.45) is 8.07. The molecule has 0 aliphatic carbocycles. The van der Waals surface area contributed by atoms with Crippen molar-refractivity contribution in [3.63, 3.8) is 0 Å². The summed E-state index contributed by atoms with van der Waals surface area (Å²) in [5.41, 5.74) is 1.06. The Kier molecular flexibility index (Phi) is 2.75. The maximum absolute atomic E-state index is 3.80. The van der Waals surface area contributed by atoms with Crippen LogP contribution in [0.25, 0.3) is 0 Å². The average Bonchev–Trinajstić information content (AvgIpc) is 1.95. The topological polar surface area (TPSA) is 3.24 Å². The molecule has 0 fully saturated rings. The van der Waals surface area contributed by atoms with Gasteiger partial charge in [-0.15, -0.1) is 0 Å². The highest BCUT2D eigenvalue weighted by atomic mass is 79.9. The van der Waals surface area contributed by atoms with Crippen LogP contribution in [0.15, 0.2) is 36.7 Å². The van der Waals surface area contributed by atoms with Crippen LogP contribution in [0.4, 0.5) is 0 Å². The largest absolute Gasteiger partial charge is 0.353 e. The molecule has 2 heteroatoms. The molecule has 0 unspecified atom stereocenters. The van der Waals surface area contributed by atoms with Crippen LogP contribution in [0.3, 0.4) is 0 Å². The van der Waals surface area contributed by atoms with Crippen LogP contribution in [0, 0.1) is 0 Å². The summed E-state index contributed by atoms with van der Waals surface area (Å²) in [5.74, 6) is 0. The van der Waals surface area contributed by atoms with E-state index in [4.69, 9.17) is 0 Å². The maximum Gasteiger partial charge on any atom is 0.0316 e. The minimum absolute atomic E-state index is 0.994. The Hall–Kier alpha value is -0.500. The van der Waals surface area contributed by atoms with Crippen LogP contribution in [0.5, 0.6) is 0 Å². The quantitative estimate of drug-likeness (QED) is 0.618. The van der Waals surface area contributed by atoms with Gasteiger partial charge in [-0.3, -0.25) is 0 Å². The van der Waals surface area contributed by atoms with Gasteiger partial charge in [-0.2, -0.15) is 0 Å². The molecule has 0 amide bonds. The first kappa shape index (κ1) is 7.61. The van der Waals surface area contributed by atoms with Crippen molar-refractivity contribution in [1.29, 1.82) is 0 Å². The lowest BCUT2D eigenvalue weighted by molar-refractivity contribution is 0.538. The molecule has 0 aromatic heterocycles. The molecule has 10 heavy (non-hydrogen) atoms. The van der Waals surface area contributed by atoms with Crippen molar-refractivity contribution in [3.05, 3.63) is 36.7 Å². The summed E-state index contributed by atoms with van der Waals surface area (Å²) in [7, 11) is 0. The van der Waals surface area contributed by atoms with Gasteiger partial charge in [0.15, 0.2) is 0 Å². The predicted octanol–water partition coefficient (Wildman–Crippen LogP) is 2.28. The van der Waals surface area contributed by atoms with Gasteiger partial charge >= 0.3 is 0 Å². The molecule has 54 valence electrons. The van der Waals surface area contributed by atoms with E-state index < -0.39 is 0 Å². The summed E-state index contributed by atoms with van der Waals surface area (Å²) >= 11 is 3.37. The van der Waals surface area contributed by atoms with Gasteiger partial charge in [0.1, 0.15) is 0 Å². The van der Waals surface area contributed by atoms with E-state index in [1.807, 2.05) is 24.6 Å². The summed E-state index contributed by atoms with van der Waals surface area (Å²) in [5, 5.41) is 0.994. The molecule has 1 nitrogen and oxygen atoms in total. The third-order valence-electron chi connectivity index (χ3n) is 1.30. The summed E-state index contributed by atoms with van der Waals surface area (Å²) in [4.78, 5) is 2.11. The predicted molar refractivity (Wildman–Crippen MR) is 47.9 cm³/mol. The molecular weight excluding hydrogens is 190 g/mol. The third kappa shape index (κ3) is 2.03. The van der Waals surface area contributed by atoms with E-state index in [9.17, 15) is 0 Å². The highest BCUT2D eigenvalue weighted by Crippen LogP contribution is 2.06. The Morgan fingerprint density at radius 1 is 1.40 bits per heavy atom. The SMILES string of the molecule is C=C1C=CN(CCBr)C=C1. The van der Waals surface area contributed by atoms with Crippen LogP contribution in [0.2, 0.25) is 0 Å². The van der Waals surface area contributed by atoms with Gasteiger partial charge < -0.3 is 4.90 Å². The van der Waals surface area contributed by atoms with E-state index in [2.05, 4.69) is 27.4 Å². The van der Waals surface area contributed by atoms with Crippen molar-refractivity contribution in [3.8, 4) is 0 Å². The Morgan fingerprint density at radius 3 is 2.50 bits per heavy atom. The van der Waals surface area contributed by atoms with Crippen LogP contribution >= 0.6 is 15.9 Å². The van der Waals surface area contributed by atoms with E-state index in [0.717, 1.165) is 17.4 Å². The van der Waals surface area contributed by atoms with E-state index in [1.54, 1.807) is 0 Å². The highest BCUT2D eigenvalue weighted by molar-refractivity contribution is 9.09. The Morgan fingerprint density at radius 2 is 2.00 bits per heavy atom. The first-order chi connectivity index (χ1) is 4.83. The molecule has 0 saturated heterocycles. The lowest BCUT2D eigenvalue weighted by Gasteiger charge is -2.16. The summed E-state index contributed by atoms with van der Waals surface area (Å²) in [6.45, 7) is 4.81. The zero-order valence-electron chi connectivity index (χ0n) is 5.76. The lowest BCUT2D eigenvalue weighted by atomic mass is 10.2. The fraction of sp³-hybridized carbons (Fsp3) is 0.250. The molecule has 0 aromatic carbocycles. The Balaban J connectivity index is 2.45. The van der Waals surface area contributed by atoms with Gasteiger partial charge in [0, 0.05) is 24.3 Å². The molecule has 0 radical (unpaired) electrons. The normalized spacial score (nSPS) is 16.5. The highest BCUT2D eigenvalue weighted by Gasteiger charge is 1.96. The van der Waals surface area contributed by atoms with E-state index in [-0.39, 0.29) is 0 Å². The second-order valence-electron chi connectivity index (χ2n) is 2.13. The number of halogens is 1. The zero-order valence-corrected chi connectivity index (χ0v) is 7.34. The molecule has 1 rings (SSSR count). The number of rotatable bonds is 2. The molecule has 0 spiro atoms. The number of allylic oxidation sites excluding steroid dienone is 3. The van der Waals surface area contributed by atoms with Gasteiger partial charge in [0.05, 0.1) is 0 Å². The van der Waals surface area contributed by atoms with E-state index in [1.165, 1.54) is 0 Å². The van der Waals surface area contributed by atoms with Gasteiger partial charge in [-0.05, 0) is 17.7 Å². The third-order valence-corrected chi connectivity index (χ3v) is 1.66. The van der Waals surface area contributed by atoms with Crippen molar-refractivity contribution >= 4 is 15.9 Å². The molecule has 0 atom stereocenters. The number of hydrogen-bond donors (Lipinski definition) is 0. The van der Waals surface area contributed by atoms with E-state index in [0.29, 0.717) is 0 Å². The Bertz CT molecular complexity index is 166. The molecule has 1 heterocycles. The molecule has 0 aromatic rings. The molecule has 0 bridgehead atoms. The van der Waals surface area contributed by atoms with Gasteiger partial charge in [-0.1, -0.05) is 22.5 Å². The minimum Gasteiger partial charge on any atom is -0.353 e. The second kappa shape index (κ2) is 3.62. The second-order valence-corrected chi connectivity index (χ2v) is 2.93. The zero-order chi connectivity index (χ0) is 7.40. The molecule has 1 aliphatic rings. The van der Waals surface area contributed by atoms with Gasteiger partial charge in [0.25, 0.3) is 0 Å². The fourth-order valence-corrected chi connectivity index (χ4v) is 1.14. The van der Waals surface area contributed by atoms with Crippen molar-refractivity contribution in [2.24, 2.45) is 0 Å². The first-order valence-corrected chi connectivity index (χ1v) is 4.32. The average molecular weight is 200 g/mol. The van der Waals surface area contributed by atoms with Crippen LogP contribution < -0.4 is 0 Å². The summed E-state index contributed by atoms with van der Waals surface area (Å²) < 4.78 is 0. The minimum atomic E-state index is 0.994. The van der Waals surface area contributed by atoms with Crippen molar-refractivity contribution in [2.45, 2.75) is 0 Å². The number of nitrogens with zero attached hydrogens (tertiary/aromatic N) is 1. The van der Waals surface area contributed by atoms with Crippen LogP contribution in [-0.2, 0) is 0 Å². The monoisotopic (exact) mass is 199 g/mol. The Labute approximate surface area is 69.8 Å². The standard InChI is InChI=1S/C8H10BrN/c1-8-2-5-10(6-3-8)7-4-9/h2-3,5-6H,1,4,7H2. The van der Waals surface area contributed by atoms with Gasteiger partial charge in [-0.25, -0.2) is 0 Å². The maximum atomic E-state index is 3.80. The van der Waals surface area contributed by atoms with E-state index >= 15 is 0 Å². The van der Waals surface area contributed by atoms with Crippen molar-refractivity contribution in [2.75, 3.05) is 11.9 Å². The lowest BCUT2D eigenvalue weighted by Crippen LogP contribution is -2.13. The fourth-order valence-electron chi connectivity index (χ4n) is 0.735. The van der Waals surface area contributed by atoms with Crippen LogP contribution in [-0.4, -0.2) is 16.8 Å². The number of alkyl halides is 1. The van der Waals surface area contributed by atoms with Crippen molar-refractivity contribution in [1.82, 2.24) is 4.90 Å². The summed E-state index contributed by atoms with van der Waals surface area (Å²) in [6, 6.07) is 0. The number of hydrogen-bond acceptors (Lipinski definition) is 1. The molecule has 0 N–H and O–H groups in total. The first-order valence-electron chi connectivity index (χ1n) is 3.20. The molecule has 0 saturated carbocycles.